The van der Waals surface area contributed by atoms with Crippen LogP contribution >= 0.6 is 12.4 Å². The van der Waals surface area contributed by atoms with E-state index in [0.29, 0.717) is 31.7 Å². The van der Waals surface area contributed by atoms with Crippen molar-refractivity contribution in [1.29, 1.82) is 0 Å². The third kappa shape index (κ3) is 5.28. The molecule has 2 amide bonds. The molecule has 0 saturated carbocycles. The lowest BCUT2D eigenvalue weighted by molar-refractivity contribution is -0.137. The number of methoxy groups -OCH3 is 1. The van der Waals surface area contributed by atoms with Gasteiger partial charge >= 0.3 is 0 Å². The van der Waals surface area contributed by atoms with Gasteiger partial charge in [0, 0.05) is 37.8 Å². The summed E-state index contributed by atoms with van der Waals surface area (Å²) in [5.41, 5.74) is 7.88. The van der Waals surface area contributed by atoms with Crippen molar-refractivity contribution in [2.75, 3.05) is 33.3 Å². The summed E-state index contributed by atoms with van der Waals surface area (Å²) in [7, 11) is 1.59. The van der Waals surface area contributed by atoms with Gasteiger partial charge in [0.1, 0.15) is 5.75 Å². The fourth-order valence-corrected chi connectivity index (χ4v) is 3.45. The number of piperazine rings is 1. The molecular formula is C22H28ClN3O3. The van der Waals surface area contributed by atoms with Crippen LogP contribution in [0, 0.1) is 5.92 Å². The predicted octanol–water partition coefficient (Wildman–Crippen LogP) is 2.74. The average molecular weight is 418 g/mol. The minimum absolute atomic E-state index is 0. The summed E-state index contributed by atoms with van der Waals surface area (Å²) in [5, 5.41) is 0. The van der Waals surface area contributed by atoms with Gasteiger partial charge in [-0.15, -0.1) is 12.4 Å². The Kier molecular flexibility index (Phi) is 8.05. The van der Waals surface area contributed by atoms with Crippen molar-refractivity contribution in [3.05, 3.63) is 65.7 Å². The summed E-state index contributed by atoms with van der Waals surface area (Å²) < 4.78 is 5.13. The minimum Gasteiger partial charge on any atom is -0.497 e. The Morgan fingerprint density at radius 3 is 2.03 bits per heavy atom. The second-order valence-corrected chi connectivity index (χ2v) is 7.07. The lowest BCUT2D eigenvalue weighted by Gasteiger charge is -2.37. The quantitative estimate of drug-likeness (QED) is 0.811. The molecule has 0 spiro atoms. The van der Waals surface area contributed by atoms with E-state index in [1.165, 1.54) is 0 Å². The molecule has 29 heavy (non-hydrogen) atoms. The Balaban J connectivity index is 0.00000300. The van der Waals surface area contributed by atoms with Crippen LogP contribution in [0.5, 0.6) is 5.75 Å². The highest BCUT2D eigenvalue weighted by Crippen LogP contribution is 2.22. The molecule has 2 aromatic rings. The van der Waals surface area contributed by atoms with Crippen molar-refractivity contribution in [3.8, 4) is 5.75 Å². The van der Waals surface area contributed by atoms with E-state index >= 15 is 0 Å². The van der Waals surface area contributed by atoms with E-state index in [9.17, 15) is 9.59 Å². The van der Waals surface area contributed by atoms with Gasteiger partial charge in [0.05, 0.1) is 13.0 Å². The zero-order valence-corrected chi connectivity index (χ0v) is 17.6. The maximum absolute atomic E-state index is 12.9. The van der Waals surface area contributed by atoms with Gasteiger partial charge in [-0.1, -0.05) is 37.3 Å². The first kappa shape index (κ1) is 22.7. The van der Waals surface area contributed by atoms with Crippen LogP contribution in [0.4, 0.5) is 0 Å². The number of rotatable bonds is 5. The van der Waals surface area contributed by atoms with Crippen LogP contribution in [-0.2, 0) is 4.79 Å². The van der Waals surface area contributed by atoms with Gasteiger partial charge < -0.3 is 20.3 Å². The molecule has 2 atom stereocenters. The molecule has 1 saturated heterocycles. The van der Waals surface area contributed by atoms with Gasteiger partial charge in [0.15, 0.2) is 0 Å². The fourth-order valence-electron chi connectivity index (χ4n) is 3.45. The first-order chi connectivity index (χ1) is 13.5. The smallest absolute Gasteiger partial charge is 0.253 e. The summed E-state index contributed by atoms with van der Waals surface area (Å²) in [6.45, 7) is 3.95. The Hall–Kier alpha value is -2.57. The molecule has 0 aromatic heterocycles. The van der Waals surface area contributed by atoms with Crippen LogP contribution in [0.3, 0.4) is 0 Å². The van der Waals surface area contributed by atoms with Crippen molar-refractivity contribution < 1.29 is 14.3 Å². The van der Waals surface area contributed by atoms with E-state index < -0.39 is 0 Å². The van der Waals surface area contributed by atoms with Crippen LogP contribution in [-0.4, -0.2) is 54.9 Å². The zero-order chi connectivity index (χ0) is 20.1. The number of nitrogens with zero attached hydrogens (tertiary/aromatic N) is 2. The maximum Gasteiger partial charge on any atom is 0.253 e. The second kappa shape index (κ2) is 10.3. The van der Waals surface area contributed by atoms with Crippen molar-refractivity contribution >= 4 is 24.2 Å². The number of amides is 2. The van der Waals surface area contributed by atoms with Gasteiger partial charge in [-0.25, -0.2) is 0 Å². The molecule has 6 nitrogen and oxygen atoms in total. The largest absolute Gasteiger partial charge is 0.497 e. The number of ether oxygens (including phenoxy) is 1. The first-order valence-corrected chi connectivity index (χ1v) is 9.54. The highest BCUT2D eigenvalue weighted by molar-refractivity contribution is 5.94. The molecule has 0 radical (unpaired) electrons. The molecule has 2 aromatic carbocycles. The van der Waals surface area contributed by atoms with E-state index in [2.05, 4.69) is 0 Å². The number of hydrogen-bond donors (Lipinski definition) is 1. The van der Waals surface area contributed by atoms with Crippen LogP contribution in [0.25, 0.3) is 0 Å². The summed E-state index contributed by atoms with van der Waals surface area (Å²) in [6.07, 6.45) is 0. The van der Waals surface area contributed by atoms with Crippen molar-refractivity contribution in [3.63, 3.8) is 0 Å². The number of benzene rings is 2. The van der Waals surface area contributed by atoms with E-state index in [-0.39, 0.29) is 36.2 Å². The van der Waals surface area contributed by atoms with Gasteiger partial charge in [-0.3, -0.25) is 9.59 Å². The number of hydrogen-bond acceptors (Lipinski definition) is 4. The topological polar surface area (TPSA) is 75.9 Å². The number of halogens is 1. The molecule has 2 N–H and O–H groups in total. The van der Waals surface area contributed by atoms with Crippen LogP contribution in [0.2, 0.25) is 0 Å². The van der Waals surface area contributed by atoms with Gasteiger partial charge in [-0.2, -0.15) is 0 Å². The third-order valence-electron chi connectivity index (χ3n) is 5.33. The molecule has 3 rings (SSSR count). The summed E-state index contributed by atoms with van der Waals surface area (Å²) in [4.78, 5) is 29.1. The normalized spacial score (nSPS) is 15.8. The molecule has 1 fully saturated rings. The first-order valence-electron chi connectivity index (χ1n) is 9.54. The Morgan fingerprint density at radius 2 is 1.48 bits per heavy atom. The summed E-state index contributed by atoms with van der Waals surface area (Å²) in [6, 6.07) is 16.4. The SMILES string of the molecule is COc1ccc(C(=O)N2CCN(C(=O)C(C)C(N)c3ccccc3)CC2)cc1.Cl. The van der Waals surface area contributed by atoms with E-state index in [4.69, 9.17) is 10.5 Å². The van der Waals surface area contributed by atoms with E-state index in [0.717, 1.165) is 11.3 Å². The predicted molar refractivity (Wildman–Crippen MR) is 115 cm³/mol. The molecular weight excluding hydrogens is 390 g/mol. The Bertz CT molecular complexity index is 806. The molecule has 7 heteroatoms. The number of nitrogens with two attached hydrogens (primary N) is 1. The lowest BCUT2D eigenvalue weighted by Crippen LogP contribution is -2.52. The summed E-state index contributed by atoms with van der Waals surface area (Å²) >= 11 is 0. The van der Waals surface area contributed by atoms with E-state index in [1.54, 1.807) is 36.3 Å². The third-order valence-corrected chi connectivity index (χ3v) is 5.33. The Morgan fingerprint density at radius 1 is 0.931 bits per heavy atom. The fraction of sp³-hybridized carbons (Fsp3) is 0.364. The monoisotopic (exact) mass is 417 g/mol. The molecule has 1 aliphatic heterocycles. The number of carbonyl (C=O) groups excluding carboxylic acids is 2. The van der Waals surface area contributed by atoms with Gasteiger partial charge in [-0.05, 0) is 29.8 Å². The molecule has 0 bridgehead atoms. The second-order valence-electron chi connectivity index (χ2n) is 7.07. The van der Waals surface area contributed by atoms with Crippen molar-refractivity contribution in [1.82, 2.24) is 9.80 Å². The standard InChI is InChI=1S/C22H27N3O3.ClH/c1-16(20(23)17-6-4-3-5-7-17)21(26)24-12-14-25(15-13-24)22(27)18-8-10-19(28-2)11-9-18;/h3-11,16,20H,12-15,23H2,1-2H3;1H. The number of carbonyl (C=O) groups is 2. The molecule has 1 aliphatic rings. The summed E-state index contributed by atoms with van der Waals surface area (Å²) in [5.74, 6) is 0.415. The molecule has 156 valence electrons. The molecule has 1 heterocycles. The van der Waals surface area contributed by atoms with Crippen molar-refractivity contribution in [2.24, 2.45) is 11.7 Å². The van der Waals surface area contributed by atoms with Crippen molar-refractivity contribution in [2.45, 2.75) is 13.0 Å². The zero-order valence-electron chi connectivity index (χ0n) is 16.8. The Labute approximate surface area is 178 Å². The minimum atomic E-state index is -0.340. The lowest BCUT2D eigenvalue weighted by atomic mass is 9.94. The van der Waals surface area contributed by atoms with Crippen LogP contribution in [0.15, 0.2) is 54.6 Å². The van der Waals surface area contributed by atoms with Gasteiger partial charge in [0.2, 0.25) is 5.91 Å². The van der Waals surface area contributed by atoms with E-state index in [1.807, 2.05) is 42.2 Å². The maximum atomic E-state index is 12.9. The van der Waals surface area contributed by atoms with Gasteiger partial charge in [0.25, 0.3) is 5.91 Å². The molecule has 0 aliphatic carbocycles. The van der Waals surface area contributed by atoms with Crippen LogP contribution < -0.4 is 10.5 Å². The highest BCUT2D eigenvalue weighted by atomic mass is 35.5. The molecule has 2 unspecified atom stereocenters. The highest BCUT2D eigenvalue weighted by Gasteiger charge is 2.30. The van der Waals surface area contributed by atoms with Crippen LogP contribution in [0.1, 0.15) is 28.9 Å². The average Bonchev–Trinajstić information content (AvgIpc) is 2.78.